The van der Waals surface area contributed by atoms with Crippen LogP contribution in [0.4, 0.5) is 5.13 Å². The lowest BCUT2D eigenvalue weighted by Crippen LogP contribution is -2.10. The van der Waals surface area contributed by atoms with E-state index in [-0.39, 0.29) is 9.34 Å². The highest BCUT2D eigenvalue weighted by molar-refractivity contribution is 7.94. The van der Waals surface area contributed by atoms with E-state index in [1.165, 1.54) is 24.5 Å². The monoisotopic (exact) mass is 360 g/mol. The molecule has 21 heavy (non-hydrogen) atoms. The maximum Gasteiger partial charge on any atom is 0.273 e. The number of methoxy groups -OCH3 is 1. The topological polar surface area (TPSA) is 68.3 Å². The zero-order chi connectivity index (χ0) is 15.0. The van der Waals surface area contributed by atoms with Gasteiger partial charge in [-0.3, -0.25) is 4.72 Å². The molecule has 2 heterocycles. The number of thiophene rings is 1. The third-order valence-electron chi connectivity index (χ3n) is 2.66. The van der Waals surface area contributed by atoms with Crippen LogP contribution in [-0.4, -0.2) is 20.5 Å². The number of ether oxygens (including phenoxy) is 1. The van der Waals surface area contributed by atoms with Crippen molar-refractivity contribution in [3.8, 4) is 5.75 Å². The number of thiazole rings is 1. The van der Waals surface area contributed by atoms with Gasteiger partial charge in [0.2, 0.25) is 0 Å². The van der Waals surface area contributed by atoms with Crippen LogP contribution < -0.4 is 9.46 Å². The predicted molar refractivity (Wildman–Crippen MR) is 86.3 cm³/mol. The maximum atomic E-state index is 12.2. The summed E-state index contributed by atoms with van der Waals surface area (Å²) in [7, 11) is -2.09. The molecule has 2 aromatic heterocycles. The summed E-state index contributed by atoms with van der Waals surface area (Å²) < 4.78 is 33.0. The van der Waals surface area contributed by atoms with Gasteiger partial charge in [-0.15, -0.1) is 11.3 Å². The Morgan fingerprint density at radius 3 is 2.81 bits per heavy atom. The van der Waals surface area contributed by atoms with Crippen molar-refractivity contribution in [2.45, 2.75) is 4.21 Å². The number of hydrogen-bond donors (Lipinski definition) is 1. The number of sulfonamides is 1. The molecule has 1 N–H and O–H groups in total. The molecular weight excluding hydrogens is 352 g/mol. The zero-order valence-electron chi connectivity index (χ0n) is 10.7. The summed E-state index contributed by atoms with van der Waals surface area (Å²) in [6.45, 7) is 0. The molecule has 0 atom stereocenters. The van der Waals surface area contributed by atoms with E-state index >= 15 is 0 Å². The number of hydrogen-bond acceptors (Lipinski definition) is 6. The van der Waals surface area contributed by atoms with Crippen molar-refractivity contribution in [2.75, 3.05) is 11.8 Å². The molecule has 3 aromatic rings. The van der Waals surface area contributed by atoms with Crippen molar-refractivity contribution in [1.82, 2.24) is 4.98 Å². The second-order valence-electron chi connectivity index (χ2n) is 3.98. The van der Waals surface area contributed by atoms with Crippen LogP contribution in [-0.2, 0) is 10.0 Å². The Morgan fingerprint density at radius 1 is 1.33 bits per heavy atom. The molecule has 0 amide bonds. The molecule has 0 saturated carbocycles. The number of fused-ring (bicyclic) bond motifs is 1. The van der Waals surface area contributed by atoms with Gasteiger partial charge in [0.1, 0.15) is 15.5 Å². The van der Waals surface area contributed by atoms with Crippen molar-refractivity contribution >= 4 is 59.6 Å². The van der Waals surface area contributed by atoms with E-state index in [4.69, 9.17) is 16.3 Å². The first-order valence-electron chi connectivity index (χ1n) is 5.70. The Balaban J connectivity index is 2.05. The van der Waals surface area contributed by atoms with Gasteiger partial charge in [-0.05, 0) is 23.6 Å². The highest BCUT2D eigenvalue weighted by Crippen LogP contribution is 2.38. The average Bonchev–Trinajstić information content (AvgIpc) is 3.08. The van der Waals surface area contributed by atoms with E-state index in [9.17, 15) is 8.42 Å². The van der Waals surface area contributed by atoms with E-state index in [1.807, 2.05) is 0 Å². The molecule has 9 heteroatoms. The Morgan fingerprint density at radius 2 is 2.14 bits per heavy atom. The Labute approximate surface area is 134 Å². The molecule has 0 unspecified atom stereocenters. The van der Waals surface area contributed by atoms with Gasteiger partial charge in [0.05, 0.1) is 16.8 Å². The second-order valence-corrected chi connectivity index (χ2v) is 8.25. The first-order valence-corrected chi connectivity index (χ1v) is 9.26. The number of halogens is 1. The second kappa shape index (κ2) is 5.45. The highest BCUT2D eigenvalue weighted by Gasteiger charge is 2.19. The summed E-state index contributed by atoms with van der Waals surface area (Å²) in [5.74, 6) is 0.548. The molecule has 0 saturated heterocycles. The first-order chi connectivity index (χ1) is 10.0. The van der Waals surface area contributed by atoms with Crippen LogP contribution in [0.5, 0.6) is 5.75 Å². The first kappa shape index (κ1) is 14.6. The van der Waals surface area contributed by atoms with Crippen molar-refractivity contribution in [2.24, 2.45) is 0 Å². The summed E-state index contributed by atoms with van der Waals surface area (Å²) >= 11 is 8.42. The minimum absolute atomic E-state index is 0.236. The van der Waals surface area contributed by atoms with Crippen molar-refractivity contribution in [3.63, 3.8) is 0 Å². The minimum atomic E-state index is -3.62. The molecule has 110 valence electrons. The van der Waals surface area contributed by atoms with Crippen LogP contribution in [0.25, 0.3) is 10.2 Å². The van der Waals surface area contributed by atoms with Gasteiger partial charge in [0.15, 0.2) is 5.13 Å². The number of rotatable bonds is 4. The Kier molecular flexibility index (Phi) is 3.78. The van der Waals surface area contributed by atoms with Gasteiger partial charge >= 0.3 is 0 Å². The van der Waals surface area contributed by atoms with E-state index in [2.05, 4.69) is 9.71 Å². The average molecular weight is 361 g/mol. The number of nitrogens with zero attached hydrogens (tertiary/aromatic N) is 1. The largest absolute Gasteiger partial charge is 0.494 e. The summed E-state index contributed by atoms with van der Waals surface area (Å²) in [6, 6.07) is 6.60. The van der Waals surface area contributed by atoms with E-state index in [0.717, 1.165) is 11.3 Å². The lowest BCUT2D eigenvalue weighted by molar-refractivity contribution is 0.419. The number of aromatic nitrogens is 1. The maximum absolute atomic E-state index is 12.2. The molecule has 0 aliphatic carbocycles. The fourth-order valence-electron chi connectivity index (χ4n) is 1.74. The molecule has 0 aliphatic rings. The summed E-state index contributed by atoms with van der Waals surface area (Å²) in [4.78, 5) is 4.26. The summed E-state index contributed by atoms with van der Waals surface area (Å²) in [5, 5.41) is 2.46. The van der Waals surface area contributed by atoms with Gasteiger partial charge in [-0.1, -0.05) is 29.0 Å². The molecule has 0 radical (unpaired) electrons. The Hall–Kier alpha value is -1.35. The predicted octanol–water partition coefficient (Wildman–Crippen LogP) is 3.82. The van der Waals surface area contributed by atoms with E-state index in [1.54, 1.807) is 23.6 Å². The van der Waals surface area contributed by atoms with Gasteiger partial charge in [-0.2, -0.15) is 0 Å². The van der Waals surface area contributed by atoms with Gasteiger partial charge in [-0.25, -0.2) is 13.4 Å². The van der Waals surface area contributed by atoms with Crippen LogP contribution in [0.1, 0.15) is 0 Å². The van der Waals surface area contributed by atoms with Gasteiger partial charge in [0.25, 0.3) is 10.0 Å². The van der Waals surface area contributed by atoms with Crippen molar-refractivity contribution < 1.29 is 13.2 Å². The number of anilines is 1. The smallest absolute Gasteiger partial charge is 0.273 e. The van der Waals surface area contributed by atoms with Crippen LogP contribution in [0.2, 0.25) is 5.02 Å². The van der Waals surface area contributed by atoms with Crippen LogP contribution in [0, 0.1) is 0 Å². The lowest BCUT2D eigenvalue weighted by Gasteiger charge is -2.01. The normalized spacial score (nSPS) is 11.7. The highest BCUT2D eigenvalue weighted by atomic mass is 35.5. The summed E-state index contributed by atoms with van der Waals surface area (Å²) in [5.41, 5.74) is 0.541. The van der Waals surface area contributed by atoms with Crippen molar-refractivity contribution in [1.29, 1.82) is 0 Å². The number of nitrogens with one attached hydrogen (secondary N) is 1. The minimum Gasteiger partial charge on any atom is -0.494 e. The lowest BCUT2D eigenvalue weighted by atomic mass is 10.3. The third-order valence-corrected chi connectivity index (χ3v) is 6.96. The molecule has 0 bridgehead atoms. The SMILES string of the molecule is COc1ccc(Cl)c2sc(NS(=O)(=O)c3cccs3)nc12. The van der Waals surface area contributed by atoms with Gasteiger partial charge < -0.3 is 4.74 Å². The standard InChI is InChI=1S/C12H9ClN2O3S3/c1-18-8-5-4-7(13)11-10(8)14-12(20-11)15-21(16,17)9-3-2-6-19-9/h2-6H,1H3,(H,14,15). The molecule has 0 aliphatic heterocycles. The fraction of sp³-hybridized carbons (Fsp3) is 0.0833. The molecule has 5 nitrogen and oxygen atoms in total. The van der Waals surface area contributed by atoms with Crippen LogP contribution in [0.15, 0.2) is 33.9 Å². The van der Waals surface area contributed by atoms with Gasteiger partial charge in [0, 0.05) is 0 Å². The van der Waals surface area contributed by atoms with Crippen molar-refractivity contribution in [3.05, 3.63) is 34.7 Å². The Bertz CT molecular complexity index is 888. The fourth-order valence-corrected chi connectivity index (χ4v) is 5.13. The quantitative estimate of drug-likeness (QED) is 0.767. The van der Waals surface area contributed by atoms with Crippen LogP contribution in [0.3, 0.4) is 0 Å². The third kappa shape index (κ3) is 2.71. The summed E-state index contributed by atoms with van der Waals surface area (Å²) in [6.07, 6.45) is 0. The van der Waals surface area contributed by atoms with E-state index in [0.29, 0.717) is 21.0 Å². The zero-order valence-corrected chi connectivity index (χ0v) is 13.9. The molecule has 0 fully saturated rings. The molecular formula is C12H9ClN2O3S3. The van der Waals surface area contributed by atoms with E-state index < -0.39 is 10.0 Å². The molecule has 0 spiro atoms. The number of benzene rings is 1. The van der Waals surface area contributed by atoms with Crippen LogP contribution >= 0.6 is 34.3 Å². The molecule has 1 aromatic carbocycles. The molecule has 3 rings (SSSR count).